The fraction of sp³-hybridized carbons (Fsp3) is 0.270. The Bertz CT molecular complexity index is 1870. The van der Waals surface area contributed by atoms with Crippen LogP contribution in [0.4, 0.5) is 5.69 Å². The predicted octanol–water partition coefficient (Wildman–Crippen LogP) is 5.53. The molecule has 4 aromatic rings. The molecule has 228 valence electrons. The third kappa shape index (κ3) is 5.15. The SMILES string of the molecule is Cc1[nH]c(/C=C2\C(=O)Nc3ccc(C(=O)N4CC4[C@H](C)c4ccccc4)cc32)c(C)c1C(=O)N[C@@H]1c2ccccc2CC[C@@H]1O. The van der Waals surface area contributed by atoms with Gasteiger partial charge >= 0.3 is 0 Å². The first kappa shape index (κ1) is 28.8. The Morgan fingerprint density at radius 2 is 1.80 bits per heavy atom. The average molecular weight is 601 g/mol. The van der Waals surface area contributed by atoms with Gasteiger partial charge in [0.2, 0.25) is 0 Å². The van der Waals surface area contributed by atoms with Crippen LogP contribution in [0.3, 0.4) is 0 Å². The van der Waals surface area contributed by atoms with Crippen LogP contribution < -0.4 is 10.6 Å². The molecule has 1 fully saturated rings. The lowest BCUT2D eigenvalue weighted by Crippen LogP contribution is -2.39. The molecule has 0 bridgehead atoms. The Hall–Kier alpha value is -4.95. The maximum Gasteiger partial charge on any atom is 0.256 e. The van der Waals surface area contributed by atoms with Crippen molar-refractivity contribution in [2.24, 2.45) is 0 Å². The van der Waals surface area contributed by atoms with Gasteiger partial charge in [-0.15, -0.1) is 0 Å². The van der Waals surface area contributed by atoms with Crippen molar-refractivity contribution in [3.05, 3.63) is 123 Å². The van der Waals surface area contributed by atoms with E-state index in [0.29, 0.717) is 57.9 Å². The van der Waals surface area contributed by atoms with E-state index in [2.05, 4.69) is 34.7 Å². The number of aryl methyl sites for hydroxylation is 2. The van der Waals surface area contributed by atoms with Gasteiger partial charge in [-0.1, -0.05) is 61.5 Å². The lowest BCUT2D eigenvalue weighted by molar-refractivity contribution is -0.110. The van der Waals surface area contributed by atoms with Gasteiger partial charge in [0.05, 0.1) is 29.3 Å². The van der Waals surface area contributed by atoms with E-state index in [4.69, 9.17) is 0 Å². The number of benzene rings is 3. The number of fused-ring (bicyclic) bond motifs is 2. The van der Waals surface area contributed by atoms with Gasteiger partial charge < -0.3 is 25.6 Å². The summed E-state index contributed by atoms with van der Waals surface area (Å²) in [5, 5.41) is 16.7. The molecule has 0 saturated carbocycles. The Morgan fingerprint density at radius 3 is 2.60 bits per heavy atom. The Labute approximate surface area is 262 Å². The van der Waals surface area contributed by atoms with E-state index in [0.717, 1.165) is 17.5 Å². The zero-order chi connectivity index (χ0) is 31.4. The molecule has 3 aliphatic rings. The van der Waals surface area contributed by atoms with E-state index >= 15 is 0 Å². The second kappa shape index (κ2) is 11.2. The highest BCUT2D eigenvalue weighted by atomic mass is 16.3. The Balaban J connectivity index is 1.13. The van der Waals surface area contributed by atoms with E-state index < -0.39 is 12.1 Å². The average Bonchev–Trinajstić information content (AvgIpc) is 3.72. The molecule has 2 aliphatic heterocycles. The minimum absolute atomic E-state index is 0.0541. The number of hydrogen-bond donors (Lipinski definition) is 4. The predicted molar refractivity (Wildman–Crippen MR) is 174 cm³/mol. The molecule has 1 aliphatic carbocycles. The summed E-state index contributed by atoms with van der Waals surface area (Å²) in [5.74, 6) is -0.378. The van der Waals surface area contributed by atoms with E-state index in [1.807, 2.05) is 61.2 Å². The van der Waals surface area contributed by atoms with Crippen molar-refractivity contribution >= 4 is 35.1 Å². The summed E-state index contributed by atoms with van der Waals surface area (Å²) in [6, 6.07) is 23.0. The van der Waals surface area contributed by atoms with Crippen LogP contribution in [-0.2, 0) is 11.2 Å². The van der Waals surface area contributed by atoms with Gasteiger partial charge in [-0.3, -0.25) is 14.4 Å². The van der Waals surface area contributed by atoms with Crippen LogP contribution in [0, 0.1) is 13.8 Å². The van der Waals surface area contributed by atoms with Gasteiger partial charge in [0, 0.05) is 40.7 Å². The summed E-state index contributed by atoms with van der Waals surface area (Å²) < 4.78 is 0. The number of rotatable bonds is 6. The number of H-pyrrole nitrogens is 1. The van der Waals surface area contributed by atoms with Crippen LogP contribution >= 0.6 is 0 Å². The van der Waals surface area contributed by atoms with Crippen molar-refractivity contribution in [1.82, 2.24) is 15.2 Å². The standard InChI is InChI=1S/C37H36N4O4/c1-20(23-9-5-4-6-10-23)31-19-41(31)37(45)25-13-15-29-27(17-25)28(35(43)39-29)18-30-21(2)33(22(3)38-30)36(44)40-34-26-12-8-7-11-24(26)14-16-32(34)42/h4-13,15,17-18,20,31-32,34,38,42H,14,16,19H2,1-3H3,(H,39,43)(H,40,44)/b28-18-/t20-,31?,32+,34-,41?/m1/s1. The van der Waals surface area contributed by atoms with Gasteiger partial charge in [0.15, 0.2) is 0 Å². The third-order valence-corrected chi connectivity index (χ3v) is 9.63. The molecule has 8 nitrogen and oxygen atoms in total. The molecule has 0 radical (unpaired) electrons. The fourth-order valence-corrected chi connectivity index (χ4v) is 6.96. The van der Waals surface area contributed by atoms with Gasteiger partial charge in [0.1, 0.15) is 0 Å². The first-order chi connectivity index (χ1) is 21.7. The molecule has 7 rings (SSSR count). The summed E-state index contributed by atoms with van der Waals surface area (Å²) in [4.78, 5) is 45.3. The molecule has 3 heterocycles. The minimum Gasteiger partial charge on any atom is -0.391 e. The number of carbonyl (C=O) groups excluding carboxylic acids is 3. The molecule has 4 atom stereocenters. The number of carbonyl (C=O) groups is 3. The van der Waals surface area contributed by atoms with Crippen LogP contribution in [0.1, 0.15) is 85.2 Å². The first-order valence-corrected chi connectivity index (χ1v) is 15.5. The molecule has 1 saturated heterocycles. The molecule has 0 spiro atoms. The number of amides is 3. The second-order valence-corrected chi connectivity index (χ2v) is 12.4. The number of aliphatic hydroxyl groups is 1. The van der Waals surface area contributed by atoms with E-state index in [1.54, 1.807) is 24.3 Å². The van der Waals surface area contributed by atoms with Crippen LogP contribution in [-0.4, -0.2) is 51.4 Å². The number of nitrogens with zero attached hydrogens (tertiary/aromatic N) is 1. The summed E-state index contributed by atoms with van der Waals surface area (Å²) in [7, 11) is 0. The Morgan fingerprint density at radius 1 is 1.04 bits per heavy atom. The fourth-order valence-electron chi connectivity index (χ4n) is 6.96. The Kier molecular flexibility index (Phi) is 7.17. The summed E-state index contributed by atoms with van der Waals surface area (Å²) in [5.41, 5.74) is 8.01. The maximum atomic E-state index is 13.6. The normalized spacial score (nSPS) is 21.6. The summed E-state index contributed by atoms with van der Waals surface area (Å²) >= 11 is 0. The zero-order valence-electron chi connectivity index (χ0n) is 25.6. The van der Waals surface area contributed by atoms with Crippen molar-refractivity contribution in [2.75, 3.05) is 11.9 Å². The van der Waals surface area contributed by atoms with Gasteiger partial charge in [-0.2, -0.15) is 0 Å². The molecule has 4 N–H and O–H groups in total. The molecular weight excluding hydrogens is 564 g/mol. The van der Waals surface area contributed by atoms with Gasteiger partial charge in [0.25, 0.3) is 17.7 Å². The zero-order valence-corrected chi connectivity index (χ0v) is 25.6. The number of aromatic amines is 1. The molecular formula is C37H36N4O4. The van der Waals surface area contributed by atoms with Crippen LogP contribution in [0.5, 0.6) is 0 Å². The first-order valence-electron chi connectivity index (χ1n) is 15.5. The molecule has 1 unspecified atom stereocenters. The lowest BCUT2D eigenvalue weighted by atomic mass is 9.85. The van der Waals surface area contributed by atoms with E-state index in [-0.39, 0.29) is 29.7 Å². The van der Waals surface area contributed by atoms with Crippen molar-refractivity contribution in [1.29, 1.82) is 0 Å². The van der Waals surface area contributed by atoms with Gasteiger partial charge in [-0.25, -0.2) is 0 Å². The second-order valence-electron chi connectivity index (χ2n) is 12.4. The topological polar surface area (TPSA) is 114 Å². The number of anilines is 1. The minimum atomic E-state index is -0.676. The summed E-state index contributed by atoms with van der Waals surface area (Å²) in [6.45, 7) is 6.51. The van der Waals surface area contributed by atoms with Gasteiger partial charge in [-0.05, 0) is 73.2 Å². The summed E-state index contributed by atoms with van der Waals surface area (Å²) in [6.07, 6.45) is 2.42. The molecule has 8 heteroatoms. The van der Waals surface area contributed by atoms with Crippen LogP contribution in [0.15, 0.2) is 72.8 Å². The highest BCUT2D eigenvalue weighted by Crippen LogP contribution is 2.38. The quantitative estimate of drug-likeness (QED) is 0.172. The molecule has 3 amide bonds. The third-order valence-electron chi connectivity index (χ3n) is 9.63. The van der Waals surface area contributed by atoms with E-state index in [1.165, 1.54) is 5.56 Å². The monoisotopic (exact) mass is 600 g/mol. The smallest absolute Gasteiger partial charge is 0.256 e. The highest BCUT2D eigenvalue weighted by Gasteiger charge is 2.43. The highest BCUT2D eigenvalue weighted by molar-refractivity contribution is 6.35. The van der Waals surface area contributed by atoms with Crippen molar-refractivity contribution in [3.63, 3.8) is 0 Å². The van der Waals surface area contributed by atoms with Crippen LogP contribution in [0.25, 0.3) is 11.6 Å². The van der Waals surface area contributed by atoms with Crippen molar-refractivity contribution in [3.8, 4) is 0 Å². The number of hydrogen-bond acceptors (Lipinski definition) is 4. The number of aliphatic hydroxyl groups excluding tert-OH is 1. The molecule has 3 aromatic carbocycles. The van der Waals surface area contributed by atoms with Crippen molar-refractivity contribution in [2.45, 2.75) is 57.7 Å². The molecule has 1 aromatic heterocycles. The maximum absolute atomic E-state index is 13.6. The largest absolute Gasteiger partial charge is 0.391 e. The lowest BCUT2D eigenvalue weighted by Gasteiger charge is -2.31. The van der Waals surface area contributed by atoms with Crippen molar-refractivity contribution < 1.29 is 19.5 Å². The number of nitrogens with one attached hydrogen (secondary N) is 3. The molecule has 45 heavy (non-hydrogen) atoms. The van der Waals surface area contributed by atoms with E-state index in [9.17, 15) is 19.5 Å². The number of aromatic nitrogens is 1. The van der Waals surface area contributed by atoms with Crippen LogP contribution in [0.2, 0.25) is 0 Å².